The molecule has 2 aromatic carbocycles. The van der Waals surface area contributed by atoms with Crippen molar-refractivity contribution in [3.05, 3.63) is 62.9 Å². The monoisotopic (exact) mass is 344 g/mol. The lowest BCUT2D eigenvalue weighted by molar-refractivity contribution is 0.0998. The summed E-state index contributed by atoms with van der Waals surface area (Å²) in [5.41, 5.74) is 3.98. The van der Waals surface area contributed by atoms with Gasteiger partial charge in [0.15, 0.2) is 4.80 Å². The number of benzene rings is 2. The van der Waals surface area contributed by atoms with E-state index in [1.165, 1.54) is 15.8 Å². The molecule has 1 aromatic heterocycles. The zero-order chi connectivity index (χ0) is 16.6. The van der Waals surface area contributed by atoms with Gasteiger partial charge in [-0.25, -0.2) is 0 Å². The second-order valence-corrected chi connectivity index (χ2v) is 6.79. The topological polar surface area (TPSA) is 34.4 Å². The van der Waals surface area contributed by atoms with Crippen LogP contribution >= 0.6 is 22.9 Å². The molecule has 0 atom stereocenters. The van der Waals surface area contributed by atoms with Crippen LogP contribution in [0.4, 0.5) is 0 Å². The van der Waals surface area contributed by atoms with Gasteiger partial charge < -0.3 is 4.57 Å². The SMILES string of the molecule is CCn1c(=NC(=O)c2ccccc2Cl)sc2c(C)ccc(C)c21. The van der Waals surface area contributed by atoms with E-state index in [0.717, 1.165) is 12.1 Å². The number of rotatable bonds is 2. The average Bonchev–Trinajstić information content (AvgIpc) is 2.90. The van der Waals surface area contributed by atoms with Crippen molar-refractivity contribution in [1.82, 2.24) is 4.57 Å². The minimum atomic E-state index is -0.306. The lowest BCUT2D eigenvalue weighted by Crippen LogP contribution is -2.16. The first-order valence-electron chi connectivity index (χ1n) is 7.46. The van der Waals surface area contributed by atoms with Crippen LogP contribution in [0.2, 0.25) is 5.02 Å². The maximum absolute atomic E-state index is 12.5. The summed E-state index contributed by atoms with van der Waals surface area (Å²) >= 11 is 7.65. The molecule has 0 aliphatic carbocycles. The van der Waals surface area contributed by atoms with Gasteiger partial charge in [-0.05, 0) is 44.0 Å². The fourth-order valence-corrected chi connectivity index (χ4v) is 4.09. The lowest BCUT2D eigenvalue weighted by atomic mass is 10.1. The van der Waals surface area contributed by atoms with Gasteiger partial charge in [0, 0.05) is 6.54 Å². The number of aryl methyl sites for hydroxylation is 3. The average molecular weight is 345 g/mol. The molecule has 0 radical (unpaired) electrons. The third kappa shape index (κ3) is 2.84. The molecule has 0 aliphatic heterocycles. The van der Waals surface area contributed by atoms with Gasteiger partial charge in [0.25, 0.3) is 5.91 Å². The molecule has 0 unspecified atom stereocenters. The minimum Gasteiger partial charge on any atom is -0.316 e. The number of nitrogens with zero attached hydrogens (tertiary/aromatic N) is 2. The molecular formula is C18H17ClN2OS. The van der Waals surface area contributed by atoms with E-state index in [-0.39, 0.29) is 5.91 Å². The molecule has 0 saturated carbocycles. The highest BCUT2D eigenvalue weighted by Gasteiger charge is 2.13. The van der Waals surface area contributed by atoms with Gasteiger partial charge in [0.2, 0.25) is 0 Å². The molecule has 118 valence electrons. The van der Waals surface area contributed by atoms with Gasteiger partial charge in [-0.15, -0.1) is 0 Å². The fourth-order valence-electron chi connectivity index (χ4n) is 2.64. The van der Waals surface area contributed by atoms with E-state index in [4.69, 9.17) is 11.6 Å². The summed E-state index contributed by atoms with van der Waals surface area (Å²) in [4.78, 5) is 17.5. The molecule has 5 heteroatoms. The second kappa shape index (κ2) is 6.30. The van der Waals surface area contributed by atoms with Crippen molar-refractivity contribution in [2.75, 3.05) is 0 Å². The largest absolute Gasteiger partial charge is 0.316 e. The molecule has 23 heavy (non-hydrogen) atoms. The van der Waals surface area contributed by atoms with Crippen LogP contribution in [0, 0.1) is 13.8 Å². The Labute approximate surface area is 143 Å². The highest BCUT2D eigenvalue weighted by Crippen LogP contribution is 2.25. The van der Waals surface area contributed by atoms with Crippen molar-refractivity contribution >= 4 is 39.1 Å². The Balaban J connectivity index is 2.24. The van der Waals surface area contributed by atoms with Crippen LogP contribution in [0.25, 0.3) is 10.2 Å². The number of thiazole rings is 1. The summed E-state index contributed by atoms with van der Waals surface area (Å²) in [6.45, 7) is 6.99. The molecule has 0 spiro atoms. The zero-order valence-electron chi connectivity index (χ0n) is 13.3. The number of halogens is 1. The summed E-state index contributed by atoms with van der Waals surface area (Å²) in [7, 11) is 0. The molecular weight excluding hydrogens is 328 g/mol. The Morgan fingerprint density at radius 1 is 1.17 bits per heavy atom. The number of fused-ring (bicyclic) bond motifs is 1. The number of hydrogen-bond acceptors (Lipinski definition) is 2. The van der Waals surface area contributed by atoms with Crippen LogP contribution in [0.3, 0.4) is 0 Å². The summed E-state index contributed by atoms with van der Waals surface area (Å²) in [5.74, 6) is -0.306. The number of aromatic nitrogens is 1. The molecule has 3 aromatic rings. The van der Waals surface area contributed by atoms with Crippen molar-refractivity contribution in [2.24, 2.45) is 4.99 Å². The minimum absolute atomic E-state index is 0.306. The summed E-state index contributed by atoms with van der Waals surface area (Å²) in [5, 5.41) is 0.428. The number of carbonyl (C=O) groups excluding carboxylic acids is 1. The maximum Gasteiger partial charge on any atom is 0.281 e. The molecule has 1 heterocycles. The lowest BCUT2D eigenvalue weighted by Gasteiger charge is -2.04. The van der Waals surface area contributed by atoms with E-state index in [1.807, 2.05) is 0 Å². The van der Waals surface area contributed by atoms with Crippen LogP contribution in [-0.4, -0.2) is 10.5 Å². The van der Waals surface area contributed by atoms with Gasteiger partial charge >= 0.3 is 0 Å². The Kier molecular flexibility index (Phi) is 4.37. The number of amides is 1. The fraction of sp³-hybridized carbons (Fsp3) is 0.222. The molecule has 0 N–H and O–H groups in total. The quantitative estimate of drug-likeness (QED) is 0.661. The van der Waals surface area contributed by atoms with Crippen LogP contribution in [0.5, 0.6) is 0 Å². The van der Waals surface area contributed by atoms with Crippen LogP contribution in [-0.2, 0) is 6.54 Å². The Morgan fingerprint density at radius 2 is 1.87 bits per heavy atom. The summed E-state index contributed by atoms with van der Waals surface area (Å²) in [6.07, 6.45) is 0. The van der Waals surface area contributed by atoms with E-state index in [0.29, 0.717) is 15.4 Å². The Hall–Kier alpha value is -1.91. The van der Waals surface area contributed by atoms with Gasteiger partial charge in [0.05, 0.1) is 20.8 Å². The molecule has 3 nitrogen and oxygen atoms in total. The molecule has 3 rings (SSSR count). The molecule has 0 bridgehead atoms. The van der Waals surface area contributed by atoms with Crippen LogP contribution in [0.15, 0.2) is 41.4 Å². The van der Waals surface area contributed by atoms with Crippen LogP contribution < -0.4 is 4.80 Å². The normalized spacial score (nSPS) is 12.1. The van der Waals surface area contributed by atoms with Crippen molar-refractivity contribution < 1.29 is 4.79 Å². The van der Waals surface area contributed by atoms with Crippen molar-refractivity contribution in [2.45, 2.75) is 27.3 Å². The highest BCUT2D eigenvalue weighted by molar-refractivity contribution is 7.16. The first-order valence-corrected chi connectivity index (χ1v) is 8.65. The number of carbonyl (C=O) groups is 1. The van der Waals surface area contributed by atoms with E-state index in [2.05, 4.69) is 42.5 Å². The highest BCUT2D eigenvalue weighted by atomic mass is 35.5. The molecule has 0 fully saturated rings. The van der Waals surface area contributed by atoms with Gasteiger partial charge in [-0.1, -0.05) is 47.2 Å². The third-order valence-electron chi connectivity index (χ3n) is 3.84. The maximum atomic E-state index is 12.5. The standard InChI is InChI=1S/C18H17ClN2OS/c1-4-21-15-11(2)9-10-12(3)16(15)23-18(21)20-17(22)13-7-5-6-8-14(13)19/h5-10H,4H2,1-3H3. The van der Waals surface area contributed by atoms with Crippen LogP contribution in [0.1, 0.15) is 28.4 Å². The smallest absolute Gasteiger partial charge is 0.281 e. The van der Waals surface area contributed by atoms with Gasteiger partial charge in [-0.2, -0.15) is 4.99 Å². The Bertz CT molecular complexity index is 969. The predicted octanol–water partition coefficient (Wildman–Crippen LogP) is 4.73. The first-order chi connectivity index (χ1) is 11.0. The van der Waals surface area contributed by atoms with Crippen molar-refractivity contribution in [1.29, 1.82) is 0 Å². The second-order valence-electron chi connectivity index (χ2n) is 5.40. The predicted molar refractivity (Wildman–Crippen MR) is 96.3 cm³/mol. The van der Waals surface area contributed by atoms with E-state index in [9.17, 15) is 4.79 Å². The van der Waals surface area contributed by atoms with Gasteiger partial charge in [-0.3, -0.25) is 4.79 Å². The Morgan fingerprint density at radius 3 is 2.57 bits per heavy atom. The van der Waals surface area contributed by atoms with E-state index >= 15 is 0 Å². The number of hydrogen-bond donors (Lipinski definition) is 0. The van der Waals surface area contributed by atoms with Gasteiger partial charge in [0.1, 0.15) is 0 Å². The summed E-state index contributed by atoms with van der Waals surface area (Å²) in [6, 6.07) is 11.2. The van der Waals surface area contributed by atoms with Crippen molar-refractivity contribution in [3.63, 3.8) is 0 Å². The van der Waals surface area contributed by atoms with Crippen molar-refractivity contribution in [3.8, 4) is 0 Å². The molecule has 0 aliphatic rings. The first kappa shape index (κ1) is 16.0. The van der Waals surface area contributed by atoms with E-state index < -0.39 is 0 Å². The van der Waals surface area contributed by atoms with E-state index in [1.54, 1.807) is 35.6 Å². The zero-order valence-corrected chi connectivity index (χ0v) is 14.8. The third-order valence-corrected chi connectivity index (χ3v) is 5.39. The summed E-state index contributed by atoms with van der Waals surface area (Å²) < 4.78 is 3.27. The molecule has 0 saturated heterocycles. The molecule has 1 amide bonds.